The van der Waals surface area contributed by atoms with Gasteiger partial charge in [-0.3, -0.25) is 4.79 Å². The molecule has 1 amide bonds. The first-order chi connectivity index (χ1) is 23.1. The summed E-state index contributed by atoms with van der Waals surface area (Å²) < 4.78 is 32.5. The van der Waals surface area contributed by atoms with Crippen LogP contribution < -0.4 is 9.64 Å². The number of halogens is 1. The first kappa shape index (κ1) is 31.3. The van der Waals surface area contributed by atoms with E-state index >= 15 is 0 Å². The molecule has 5 aliphatic rings. The van der Waals surface area contributed by atoms with E-state index in [-0.39, 0.29) is 18.9 Å². The standard InChI is InChI=1S/C37H37BrN2O8/c1-5-34-20-28(47-30(42)23-11-13-24(38)14-12-23)29(41)40-18-17-35-26-16-15-25(44-3)19-27(26)39(2)31(35)36(33(43)45-4,48-37(34,35)40)32(34)46-21-22-9-7-6-8-10-22/h6-16,19,28,31-32H,5,17-18,20-21H2,1-4H3/t28-,31+,32+,34-,35-,36-,37-/m0/s1. The van der Waals surface area contributed by atoms with Crippen LogP contribution in [0.5, 0.6) is 5.75 Å². The van der Waals surface area contributed by atoms with Gasteiger partial charge in [-0.2, -0.15) is 0 Å². The van der Waals surface area contributed by atoms with Gasteiger partial charge in [0.25, 0.3) is 5.91 Å². The highest BCUT2D eigenvalue weighted by Gasteiger charge is 2.96. The second-order valence-electron chi connectivity index (χ2n) is 13.4. The molecule has 11 heteroatoms. The molecule has 2 spiro atoms. The number of fused-ring (bicyclic) bond motifs is 3. The van der Waals surface area contributed by atoms with Gasteiger partial charge in [-0.25, -0.2) is 9.59 Å². The normalized spacial score (nSPS) is 33.7. The number of likely N-dealkylation sites (N-methyl/N-ethyl adjacent to an activating group) is 1. The number of hydrogen-bond acceptors (Lipinski definition) is 9. The van der Waals surface area contributed by atoms with Gasteiger partial charge in [0.2, 0.25) is 5.60 Å². The third-order valence-corrected chi connectivity index (χ3v) is 12.3. The molecule has 0 N–H and O–H groups in total. The lowest BCUT2D eigenvalue weighted by Crippen LogP contribution is -2.78. The minimum Gasteiger partial charge on any atom is -0.497 e. The number of carbonyl (C=O) groups is 3. The molecule has 5 heterocycles. The predicted molar refractivity (Wildman–Crippen MR) is 177 cm³/mol. The Kier molecular flexibility index (Phi) is 7.04. The highest BCUT2D eigenvalue weighted by molar-refractivity contribution is 9.10. The van der Waals surface area contributed by atoms with E-state index in [0.29, 0.717) is 30.7 Å². The molecule has 2 bridgehead atoms. The quantitative estimate of drug-likeness (QED) is 0.298. The number of esters is 2. The summed E-state index contributed by atoms with van der Waals surface area (Å²) in [5.41, 5.74) is -1.53. The Morgan fingerprint density at radius 1 is 1.04 bits per heavy atom. The fraction of sp³-hybridized carbons (Fsp3) is 0.432. The van der Waals surface area contributed by atoms with E-state index in [1.807, 2.05) is 62.5 Å². The van der Waals surface area contributed by atoms with Gasteiger partial charge in [0.05, 0.1) is 43.3 Å². The zero-order valence-electron chi connectivity index (χ0n) is 27.2. The van der Waals surface area contributed by atoms with Crippen molar-refractivity contribution in [2.45, 2.75) is 67.8 Å². The van der Waals surface area contributed by atoms with Crippen molar-refractivity contribution >= 4 is 39.5 Å². The molecule has 0 aliphatic carbocycles. The minimum absolute atomic E-state index is 0.114. The molecule has 48 heavy (non-hydrogen) atoms. The lowest BCUT2D eigenvalue weighted by Gasteiger charge is -2.60. The zero-order valence-corrected chi connectivity index (χ0v) is 28.8. The van der Waals surface area contributed by atoms with Gasteiger partial charge < -0.3 is 33.5 Å². The van der Waals surface area contributed by atoms with Crippen molar-refractivity contribution in [3.8, 4) is 5.75 Å². The molecular weight excluding hydrogens is 680 g/mol. The summed E-state index contributed by atoms with van der Waals surface area (Å²) in [5, 5.41) is 0. The van der Waals surface area contributed by atoms with E-state index < -0.39 is 52.3 Å². The summed E-state index contributed by atoms with van der Waals surface area (Å²) in [7, 11) is 4.95. The summed E-state index contributed by atoms with van der Waals surface area (Å²) in [5.74, 6) is -0.808. The van der Waals surface area contributed by atoms with Crippen LogP contribution in [0.2, 0.25) is 0 Å². The number of anilines is 1. The Morgan fingerprint density at radius 2 is 1.79 bits per heavy atom. The third-order valence-electron chi connectivity index (χ3n) is 11.7. The second kappa shape index (κ2) is 10.8. The van der Waals surface area contributed by atoms with Crippen LogP contribution in [-0.2, 0) is 40.6 Å². The Balaban J connectivity index is 1.33. The zero-order chi connectivity index (χ0) is 33.6. The molecule has 250 valence electrons. The number of methoxy groups -OCH3 is 2. The summed E-state index contributed by atoms with van der Waals surface area (Å²) in [6, 6.07) is 22.0. The molecule has 0 aromatic heterocycles. The number of hydrogen-bond donors (Lipinski definition) is 0. The van der Waals surface area contributed by atoms with E-state index in [2.05, 4.69) is 20.8 Å². The maximum Gasteiger partial charge on any atom is 0.343 e. The van der Waals surface area contributed by atoms with Crippen LogP contribution in [0.1, 0.15) is 47.7 Å². The van der Waals surface area contributed by atoms with Crippen LogP contribution in [0.3, 0.4) is 0 Å². The van der Waals surface area contributed by atoms with E-state index in [4.69, 9.17) is 23.7 Å². The van der Waals surface area contributed by atoms with Gasteiger partial charge in [0, 0.05) is 36.2 Å². The topological polar surface area (TPSA) is 104 Å². The van der Waals surface area contributed by atoms with E-state index in [0.717, 1.165) is 21.3 Å². The number of benzene rings is 3. The number of piperidine rings is 1. The molecule has 7 atom stereocenters. The average molecular weight is 718 g/mol. The molecule has 3 aromatic carbocycles. The maximum atomic E-state index is 14.7. The third kappa shape index (κ3) is 3.62. The molecule has 3 aromatic rings. The monoisotopic (exact) mass is 716 g/mol. The van der Waals surface area contributed by atoms with E-state index in [1.165, 1.54) is 7.11 Å². The molecule has 8 rings (SSSR count). The highest BCUT2D eigenvalue weighted by Crippen LogP contribution is 2.80. The molecule has 10 nitrogen and oxygen atoms in total. The molecule has 0 saturated carbocycles. The van der Waals surface area contributed by atoms with Gasteiger partial charge in [0.15, 0.2) is 11.8 Å². The Morgan fingerprint density at radius 3 is 2.48 bits per heavy atom. The van der Waals surface area contributed by atoms with Crippen molar-refractivity contribution in [3.05, 3.63) is 94.0 Å². The largest absolute Gasteiger partial charge is 0.497 e. The predicted octanol–water partition coefficient (Wildman–Crippen LogP) is 5.01. The lowest BCUT2D eigenvalue weighted by atomic mass is 9.47. The number of carbonyl (C=O) groups excluding carboxylic acids is 3. The number of rotatable bonds is 8. The van der Waals surface area contributed by atoms with Gasteiger partial charge in [-0.15, -0.1) is 0 Å². The van der Waals surface area contributed by atoms with Crippen LogP contribution in [-0.4, -0.2) is 80.1 Å². The van der Waals surface area contributed by atoms with E-state index in [9.17, 15) is 14.4 Å². The number of nitrogens with zero attached hydrogens (tertiary/aromatic N) is 2. The van der Waals surface area contributed by atoms with Crippen molar-refractivity contribution in [2.75, 3.05) is 32.7 Å². The van der Waals surface area contributed by atoms with Crippen molar-refractivity contribution in [1.29, 1.82) is 0 Å². The lowest BCUT2D eigenvalue weighted by molar-refractivity contribution is -0.228. The highest BCUT2D eigenvalue weighted by atomic mass is 79.9. The summed E-state index contributed by atoms with van der Waals surface area (Å²) >= 11 is 3.41. The molecular formula is C37H37BrN2O8. The Hall–Kier alpha value is -3.93. The van der Waals surface area contributed by atoms with Crippen molar-refractivity contribution < 1.29 is 38.1 Å². The molecule has 4 saturated heterocycles. The molecule has 4 fully saturated rings. The fourth-order valence-corrected chi connectivity index (χ4v) is 10.4. The van der Waals surface area contributed by atoms with E-state index in [1.54, 1.807) is 36.3 Å². The first-order valence-corrected chi connectivity index (χ1v) is 17.1. The second-order valence-corrected chi connectivity index (χ2v) is 14.3. The summed E-state index contributed by atoms with van der Waals surface area (Å²) in [6.45, 7) is 2.59. The maximum absolute atomic E-state index is 14.7. The average Bonchev–Trinajstić information content (AvgIpc) is 3.76. The smallest absolute Gasteiger partial charge is 0.343 e. The SMILES string of the molecule is CC[C@@]12C[C@H](OC(=O)c3ccc(Br)cc3)C(=O)N3CC[C@]45c6ccc(OC)cc6N(C)[C@H]4[C@](C(=O)OC)(O[C@@]315)[C@@H]2OCc1ccccc1. The van der Waals surface area contributed by atoms with Gasteiger partial charge in [-0.05, 0) is 54.3 Å². The van der Waals surface area contributed by atoms with Crippen molar-refractivity contribution in [1.82, 2.24) is 4.90 Å². The minimum atomic E-state index is -1.62. The van der Waals surface area contributed by atoms with Crippen LogP contribution in [0.4, 0.5) is 5.69 Å². The van der Waals surface area contributed by atoms with Crippen LogP contribution >= 0.6 is 15.9 Å². The summed E-state index contributed by atoms with van der Waals surface area (Å²) in [4.78, 5) is 46.6. The van der Waals surface area contributed by atoms with Crippen molar-refractivity contribution in [2.24, 2.45) is 5.41 Å². The van der Waals surface area contributed by atoms with Crippen LogP contribution in [0.25, 0.3) is 0 Å². The van der Waals surface area contributed by atoms with Crippen LogP contribution in [0.15, 0.2) is 77.3 Å². The number of amides is 1. The first-order valence-electron chi connectivity index (χ1n) is 16.3. The molecule has 5 aliphatic heterocycles. The van der Waals surface area contributed by atoms with Crippen molar-refractivity contribution in [3.63, 3.8) is 0 Å². The molecule has 0 radical (unpaired) electrons. The Bertz CT molecular complexity index is 1820. The molecule has 0 unspecified atom stereocenters. The van der Waals surface area contributed by atoms with Gasteiger partial charge in [-0.1, -0.05) is 59.3 Å². The fourth-order valence-electron chi connectivity index (χ4n) is 10.1. The summed E-state index contributed by atoms with van der Waals surface area (Å²) in [6.07, 6.45) is -0.849. The van der Waals surface area contributed by atoms with Crippen LogP contribution in [0, 0.1) is 5.41 Å². The van der Waals surface area contributed by atoms with Gasteiger partial charge in [0.1, 0.15) is 11.9 Å². The number of ether oxygens (including phenoxy) is 5. The van der Waals surface area contributed by atoms with Gasteiger partial charge >= 0.3 is 11.9 Å². The Labute approximate surface area is 287 Å².